The average molecular weight is 527 g/mol. The topological polar surface area (TPSA) is 97.8 Å². The number of nitrogens with zero attached hydrogens (tertiary/aromatic N) is 1. The van der Waals surface area contributed by atoms with Crippen LogP contribution in [0.2, 0.25) is 0 Å². The summed E-state index contributed by atoms with van der Waals surface area (Å²) in [6.07, 6.45) is 3.19. The maximum absolute atomic E-state index is 16.0. The number of benzene rings is 1. The molecule has 1 saturated carbocycles. The second kappa shape index (κ2) is 11.0. The first-order valence-corrected chi connectivity index (χ1v) is 13.5. The van der Waals surface area contributed by atoms with E-state index in [1.807, 2.05) is 0 Å². The number of aromatic nitrogens is 1. The van der Waals surface area contributed by atoms with E-state index in [2.05, 4.69) is 17.2 Å². The number of carbonyl (C=O) groups is 2. The molecular weight excluding hydrogens is 487 g/mol. The predicted molar refractivity (Wildman–Crippen MR) is 144 cm³/mol. The number of carboxylic acid groups (broad SMARTS) is 1. The third kappa shape index (κ3) is 5.85. The second-order valence-electron chi connectivity index (χ2n) is 11.7. The van der Waals surface area contributed by atoms with Crippen LogP contribution in [0.3, 0.4) is 0 Å². The summed E-state index contributed by atoms with van der Waals surface area (Å²) in [7, 11) is 0. The quantitative estimate of drug-likeness (QED) is 0.390. The molecule has 0 saturated heterocycles. The number of fused-ring (bicyclic) bond motifs is 1. The van der Waals surface area contributed by atoms with Crippen molar-refractivity contribution in [1.82, 2.24) is 4.98 Å². The highest BCUT2D eigenvalue weighted by molar-refractivity contribution is 5.98. The molecule has 0 spiro atoms. The van der Waals surface area contributed by atoms with E-state index in [-0.39, 0.29) is 28.3 Å². The molecule has 1 aromatic heterocycles. The fourth-order valence-corrected chi connectivity index (χ4v) is 5.60. The van der Waals surface area contributed by atoms with Crippen LogP contribution in [-0.4, -0.2) is 40.6 Å². The van der Waals surface area contributed by atoms with Gasteiger partial charge in [-0.1, -0.05) is 19.8 Å². The van der Waals surface area contributed by atoms with Crippen LogP contribution in [0.1, 0.15) is 93.2 Å². The zero-order chi connectivity index (χ0) is 27.8. The van der Waals surface area contributed by atoms with Gasteiger partial charge in [0.25, 0.3) is 0 Å². The fraction of sp³-hybridized carbons (Fsp3) is 0.567. The van der Waals surface area contributed by atoms with Gasteiger partial charge in [0.2, 0.25) is 0 Å². The van der Waals surface area contributed by atoms with Gasteiger partial charge in [-0.15, -0.1) is 0 Å². The summed E-state index contributed by atoms with van der Waals surface area (Å²) in [6.45, 7) is 11.8. The van der Waals surface area contributed by atoms with Gasteiger partial charge in [-0.25, -0.2) is 14.2 Å². The monoisotopic (exact) mass is 526 g/mol. The van der Waals surface area contributed by atoms with E-state index in [1.165, 1.54) is 0 Å². The van der Waals surface area contributed by atoms with Crippen molar-refractivity contribution in [2.45, 2.75) is 85.4 Å². The zero-order valence-corrected chi connectivity index (χ0v) is 23.2. The lowest BCUT2D eigenvalue weighted by Gasteiger charge is -2.29. The third-order valence-electron chi connectivity index (χ3n) is 7.53. The molecule has 206 valence electrons. The number of anilines is 1. The van der Waals surface area contributed by atoms with Gasteiger partial charge in [0, 0.05) is 29.8 Å². The number of hydrogen-bond acceptors (Lipinski definition) is 6. The Balaban J connectivity index is 1.89. The lowest BCUT2D eigenvalue weighted by Crippen LogP contribution is -2.29. The van der Waals surface area contributed by atoms with E-state index in [1.54, 1.807) is 46.8 Å². The molecule has 0 bridgehead atoms. The molecule has 7 nitrogen and oxygen atoms in total. The van der Waals surface area contributed by atoms with Gasteiger partial charge in [-0.05, 0) is 82.6 Å². The molecule has 1 aliphatic heterocycles. The van der Waals surface area contributed by atoms with Crippen molar-refractivity contribution in [3.63, 3.8) is 0 Å². The number of halogens is 1. The first-order valence-electron chi connectivity index (χ1n) is 13.5. The summed E-state index contributed by atoms with van der Waals surface area (Å²) in [4.78, 5) is 30.7. The molecule has 4 rings (SSSR count). The normalized spacial score (nSPS) is 20.2. The molecule has 1 atom stereocenters. The second-order valence-corrected chi connectivity index (χ2v) is 11.7. The van der Waals surface area contributed by atoms with E-state index < -0.39 is 23.5 Å². The largest absolute Gasteiger partial charge is 0.489 e. The first kappa shape index (κ1) is 28.0. The highest BCUT2D eigenvalue weighted by atomic mass is 19.1. The van der Waals surface area contributed by atoms with E-state index in [4.69, 9.17) is 9.47 Å². The van der Waals surface area contributed by atoms with Crippen molar-refractivity contribution in [3.05, 3.63) is 40.5 Å². The Kier molecular flexibility index (Phi) is 8.12. The van der Waals surface area contributed by atoms with Crippen molar-refractivity contribution < 1.29 is 28.6 Å². The molecule has 0 radical (unpaired) electrons. The molecule has 2 heterocycles. The number of rotatable bonds is 7. The standard InChI is InChI=1S/C30H39FN2O5/c1-16-7-9-19(10-8-16)15-21(34)26-17(2)23(20-11-12-22-27(25(20)31)32-13-14-37-22)24(18(3)33-26)28(29(35)36)38-30(4,5)6/h11-12,16,19,28,32H,7-10,13-15H2,1-6H3,(H,35,36)/t16?,19?,28-/m0/s1. The summed E-state index contributed by atoms with van der Waals surface area (Å²) >= 11 is 0. The number of ether oxygens (including phenoxy) is 2. The molecule has 1 aliphatic carbocycles. The van der Waals surface area contributed by atoms with Gasteiger partial charge < -0.3 is 19.9 Å². The Bertz CT molecular complexity index is 1230. The number of hydrogen-bond donors (Lipinski definition) is 2. The van der Waals surface area contributed by atoms with Crippen LogP contribution >= 0.6 is 0 Å². The zero-order valence-electron chi connectivity index (χ0n) is 23.2. The Morgan fingerprint density at radius 1 is 1.21 bits per heavy atom. The molecule has 8 heteroatoms. The average Bonchev–Trinajstić information content (AvgIpc) is 2.85. The lowest BCUT2D eigenvalue weighted by molar-refractivity contribution is -0.160. The minimum atomic E-state index is -1.40. The minimum absolute atomic E-state index is 0.0959. The minimum Gasteiger partial charge on any atom is -0.489 e. The van der Waals surface area contributed by atoms with Crippen LogP contribution in [-0.2, 0) is 9.53 Å². The van der Waals surface area contributed by atoms with Gasteiger partial charge in [0.15, 0.2) is 17.7 Å². The maximum Gasteiger partial charge on any atom is 0.337 e. The molecule has 0 amide bonds. The summed E-state index contributed by atoms with van der Waals surface area (Å²) in [5, 5.41) is 13.3. The van der Waals surface area contributed by atoms with Crippen molar-refractivity contribution in [3.8, 4) is 16.9 Å². The smallest absolute Gasteiger partial charge is 0.337 e. The molecule has 38 heavy (non-hydrogen) atoms. The van der Waals surface area contributed by atoms with Gasteiger partial charge in [0.05, 0.1) is 5.60 Å². The number of aryl methyl sites for hydroxylation is 1. The summed E-state index contributed by atoms with van der Waals surface area (Å²) in [5.74, 6) is -0.499. The summed E-state index contributed by atoms with van der Waals surface area (Å²) < 4.78 is 27.6. The lowest BCUT2D eigenvalue weighted by atomic mass is 9.80. The van der Waals surface area contributed by atoms with Crippen LogP contribution in [0.5, 0.6) is 5.75 Å². The van der Waals surface area contributed by atoms with Crippen LogP contribution in [0.15, 0.2) is 12.1 Å². The van der Waals surface area contributed by atoms with Gasteiger partial charge in [-0.3, -0.25) is 4.79 Å². The van der Waals surface area contributed by atoms with E-state index in [0.29, 0.717) is 54.0 Å². The SMILES string of the molecule is Cc1nc(C(=O)CC2CCC(C)CC2)c(C)c(-c2ccc3c(c2F)NCCO3)c1[C@H](OC(C)(C)C)C(=O)O. The van der Waals surface area contributed by atoms with Crippen molar-refractivity contribution in [2.24, 2.45) is 11.8 Å². The van der Waals surface area contributed by atoms with Crippen molar-refractivity contribution in [1.29, 1.82) is 0 Å². The number of nitrogens with one attached hydrogen (secondary N) is 1. The summed E-state index contributed by atoms with van der Waals surface area (Å²) in [5.41, 5.74) is 1.26. The van der Waals surface area contributed by atoms with E-state index in [9.17, 15) is 14.7 Å². The van der Waals surface area contributed by atoms with Gasteiger partial charge in [0.1, 0.15) is 23.7 Å². The molecule has 1 fully saturated rings. The number of pyridine rings is 1. The maximum atomic E-state index is 16.0. The van der Waals surface area contributed by atoms with E-state index in [0.717, 1.165) is 25.7 Å². The van der Waals surface area contributed by atoms with Crippen molar-refractivity contribution >= 4 is 17.4 Å². The number of aliphatic carboxylic acids is 1. The number of carboxylic acids is 1. The molecule has 2 aliphatic rings. The molecule has 2 N–H and O–H groups in total. The highest BCUT2D eigenvalue weighted by Crippen LogP contribution is 2.43. The molecular formula is C30H39FN2O5. The summed E-state index contributed by atoms with van der Waals surface area (Å²) in [6, 6.07) is 3.25. The van der Waals surface area contributed by atoms with Gasteiger partial charge in [-0.2, -0.15) is 0 Å². The Hall–Kier alpha value is -3.00. The number of carbonyl (C=O) groups excluding carboxylic acids is 1. The van der Waals surface area contributed by atoms with Crippen molar-refractivity contribution in [2.75, 3.05) is 18.5 Å². The van der Waals surface area contributed by atoms with E-state index >= 15 is 4.39 Å². The first-order chi connectivity index (χ1) is 17.9. The van der Waals surface area contributed by atoms with Crippen LogP contribution in [0.4, 0.5) is 10.1 Å². The third-order valence-corrected chi connectivity index (χ3v) is 7.53. The van der Waals surface area contributed by atoms with Crippen LogP contribution < -0.4 is 10.1 Å². The molecule has 0 unspecified atom stereocenters. The number of ketones is 1. The Labute approximate surface area is 224 Å². The number of Topliss-reactive ketones (excluding diaryl/α,β-unsaturated/α-hetero) is 1. The Morgan fingerprint density at radius 2 is 1.89 bits per heavy atom. The molecule has 2 aromatic rings. The van der Waals surface area contributed by atoms with Crippen LogP contribution in [0.25, 0.3) is 11.1 Å². The van der Waals surface area contributed by atoms with Crippen LogP contribution in [0, 0.1) is 31.5 Å². The molecule has 1 aromatic carbocycles. The Morgan fingerprint density at radius 3 is 2.53 bits per heavy atom. The highest BCUT2D eigenvalue weighted by Gasteiger charge is 2.35. The van der Waals surface area contributed by atoms with Gasteiger partial charge >= 0.3 is 5.97 Å². The fourth-order valence-electron chi connectivity index (χ4n) is 5.60. The predicted octanol–water partition coefficient (Wildman–Crippen LogP) is 6.65.